The maximum Gasteiger partial charge on any atom is 0.416 e. The van der Waals surface area contributed by atoms with Gasteiger partial charge in [0.15, 0.2) is 0 Å². The molecule has 11 heteroatoms. The fraction of sp³-hybridized carbons (Fsp3) is 0.0952. The lowest BCUT2D eigenvalue weighted by Gasteiger charge is -2.11. The normalized spacial score (nSPS) is 15.8. The van der Waals surface area contributed by atoms with Crippen molar-refractivity contribution in [1.82, 2.24) is 9.78 Å². The van der Waals surface area contributed by atoms with Gasteiger partial charge in [-0.15, -0.1) is 5.11 Å². The molecule has 0 bridgehead atoms. The predicted octanol–water partition coefficient (Wildman–Crippen LogP) is 5.39. The average molecular weight is 460 g/mol. The first-order valence-electron chi connectivity index (χ1n) is 9.19. The third-order valence-electron chi connectivity index (χ3n) is 4.52. The van der Waals surface area contributed by atoms with E-state index in [1.807, 2.05) is 0 Å². The minimum Gasteiger partial charge on any atom is -0.306 e. The van der Waals surface area contributed by atoms with Crippen LogP contribution in [0.25, 0.3) is 5.69 Å². The summed E-state index contributed by atoms with van der Waals surface area (Å²) in [6.45, 7) is 0. The Hall–Kier alpha value is -3.79. The first kappa shape index (κ1) is 21.4. The monoisotopic (exact) mass is 459 g/mol. The minimum atomic E-state index is -4.58. The van der Waals surface area contributed by atoms with E-state index >= 15 is 0 Å². The van der Waals surface area contributed by atoms with Crippen molar-refractivity contribution in [3.8, 4) is 5.69 Å². The summed E-state index contributed by atoms with van der Waals surface area (Å²) in [7, 11) is 0. The zero-order valence-corrected chi connectivity index (χ0v) is 16.8. The third kappa shape index (κ3) is 4.45. The Bertz CT molecular complexity index is 1240. The molecule has 0 aliphatic carbocycles. The lowest BCUT2D eigenvalue weighted by atomic mass is 10.1. The van der Waals surface area contributed by atoms with Crippen LogP contribution in [0.3, 0.4) is 0 Å². The van der Waals surface area contributed by atoms with Gasteiger partial charge in [0.25, 0.3) is 11.8 Å². The SMILES string of the molecule is O=C1C=CC(c2cc(NC(=O)c3ccc(C(F)(F)F)cc3Cl)n(-c3ccccc3)n2)N=N1. The Balaban J connectivity index is 1.68. The number of hydrogen-bond donors (Lipinski definition) is 1. The van der Waals surface area contributed by atoms with Gasteiger partial charge in [-0.1, -0.05) is 29.8 Å². The van der Waals surface area contributed by atoms with Crippen LogP contribution in [0.15, 0.2) is 77.0 Å². The number of nitrogens with one attached hydrogen (secondary N) is 1. The maximum absolute atomic E-state index is 12.9. The molecule has 162 valence electrons. The standard InChI is InChI=1S/C21H13ClF3N5O2/c22-15-10-12(21(23,24)25)6-7-14(15)20(32)26-18-11-17(16-8-9-19(31)28-27-16)29-30(18)13-4-2-1-3-5-13/h1-11,16H,(H,26,32). The third-order valence-corrected chi connectivity index (χ3v) is 4.83. The molecule has 7 nitrogen and oxygen atoms in total. The van der Waals surface area contributed by atoms with E-state index in [1.165, 1.54) is 22.9 Å². The molecule has 2 aromatic carbocycles. The van der Waals surface area contributed by atoms with E-state index in [1.54, 1.807) is 30.3 Å². The van der Waals surface area contributed by atoms with Crippen molar-refractivity contribution in [3.63, 3.8) is 0 Å². The van der Waals surface area contributed by atoms with Crippen LogP contribution < -0.4 is 5.32 Å². The van der Waals surface area contributed by atoms with E-state index in [9.17, 15) is 22.8 Å². The first-order chi connectivity index (χ1) is 15.2. The van der Waals surface area contributed by atoms with Crippen molar-refractivity contribution in [2.75, 3.05) is 5.32 Å². The van der Waals surface area contributed by atoms with E-state index in [2.05, 4.69) is 20.6 Å². The van der Waals surface area contributed by atoms with Crippen molar-refractivity contribution < 1.29 is 22.8 Å². The molecular weight excluding hydrogens is 447 g/mol. The van der Waals surface area contributed by atoms with Crippen LogP contribution in [0.5, 0.6) is 0 Å². The molecule has 0 radical (unpaired) electrons. The lowest BCUT2D eigenvalue weighted by Crippen LogP contribution is -2.16. The number of para-hydroxylation sites is 1. The summed E-state index contributed by atoms with van der Waals surface area (Å²) >= 11 is 5.94. The number of halogens is 4. The molecular formula is C21H13ClF3N5O2. The average Bonchev–Trinajstić information content (AvgIpc) is 3.17. The van der Waals surface area contributed by atoms with Gasteiger partial charge >= 0.3 is 6.18 Å². The fourth-order valence-corrected chi connectivity index (χ4v) is 3.25. The summed E-state index contributed by atoms with van der Waals surface area (Å²) in [4.78, 5) is 24.0. The van der Waals surface area contributed by atoms with Crippen molar-refractivity contribution >= 4 is 29.2 Å². The van der Waals surface area contributed by atoms with Crippen molar-refractivity contribution in [2.45, 2.75) is 12.2 Å². The van der Waals surface area contributed by atoms with Crippen LogP contribution in [0.1, 0.15) is 27.7 Å². The number of hydrogen-bond acceptors (Lipinski definition) is 4. The van der Waals surface area contributed by atoms with Crippen molar-refractivity contribution in [1.29, 1.82) is 0 Å². The Kier molecular flexibility index (Phi) is 5.62. The molecule has 1 aromatic heterocycles. The summed E-state index contributed by atoms with van der Waals surface area (Å²) < 4.78 is 40.1. The Labute approximate surface area is 184 Å². The number of azo groups is 1. The topological polar surface area (TPSA) is 88.7 Å². The number of rotatable bonds is 4. The van der Waals surface area contributed by atoms with Gasteiger partial charge in [0, 0.05) is 12.1 Å². The lowest BCUT2D eigenvalue weighted by molar-refractivity contribution is -0.137. The van der Waals surface area contributed by atoms with Crippen LogP contribution in [0.2, 0.25) is 5.02 Å². The number of amides is 2. The summed E-state index contributed by atoms with van der Waals surface area (Å²) in [5, 5.41) is 14.1. The minimum absolute atomic E-state index is 0.134. The second-order valence-corrected chi connectivity index (χ2v) is 7.11. The summed E-state index contributed by atoms with van der Waals surface area (Å²) in [5.41, 5.74) is -0.0833. The second-order valence-electron chi connectivity index (χ2n) is 6.71. The Morgan fingerprint density at radius 2 is 1.84 bits per heavy atom. The number of carbonyl (C=O) groups is 2. The number of carbonyl (C=O) groups excluding carboxylic acids is 2. The van der Waals surface area contributed by atoms with Crippen LogP contribution >= 0.6 is 11.6 Å². The van der Waals surface area contributed by atoms with E-state index in [4.69, 9.17) is 11.6 Å². The molecule has 2 amide bonds. The van der Waals surface area contributed by atoms with E-state index < -0.39 is 29.6 Å². The molecule has 0 saturated heterocycles. The van der Waals surface area contributed by atoms with Gasteiger partial charge in [-0.05, 0) is 36.4 Å². The van der Waals surface area contributed by atoms with E-state index in [-0.39, 0.29) is 16.4 Å². The Morgan fingerprint density at radius 3 is 2.47 bits per heavy atom. The highest BCUT2D eigenvalue weighted by Gasteiger charge is 2.31. The van der Waals surface area contributed by atoms with Gasteiger partial charge in [0.1, 0.15) is 11.9 Å². The van der Waals surface area contributed by atoms with Crippen molar-refractivity contribution in [3.05, 3.63) is 88.6 Å². The first-order valence-corrected chi connectivity index (χ1v) is 9.56. The van der Waals surface area contributed by atoms with Gasteiger partial charge in [0.2, 0.25) is 0 Å². The Morgan fingerprint density at radius 1 is 1.09 bits per heavy atom. The quantitative estimate of drug-likeness (QED) is 0.567. The number of anilines is 1. The van der Waals surface area contributed by atoms with Crippen molar-refractivity contribution in [2.24, 2.45) is 10.2 Å². The van der Waals surface area contributed by atoms with Crippen LogP contribution in [0.4, 0.5) is 19.0 Å². The fourth-order valence-electron chi connectivity index (χ4n) is 2.98. The van der Waals surface area contributed by atoms with E-state index in [0.717, 1.165) is 12.1 Å². The molecule has 2 heterocycles. The molecule has 32 heavy (non-hydrogen) atoms. The zero-order chi connectivity index (χ0) is 22.9. The number of aromatic nitrogens is 2. The highest BCUT2D eigenvalue weighted by Crippen LogP contribution is 2.33. The second kappa shape index (κ2) is 8.39. The van der Waals surface area contributed by atoms with Gasteiger partial charge in [-0.2, -0.15) is 23.4 Å². The smallest absolute Gasteiger partial charge is 0.306 e. The van der Waals surface area contributed by atoms with Gasteiger partial charge in [0.05, 0.1) is 27.5 Å². The molecule has 1 aliphatic rings. The van der Waals surface area contributed by atoms with Gasteiger partial charge < -0.3 is 5.32 Å². The van der Waals surface area contributed by atoms with E-state index in [0.29, 0.717) is 17.4 Å². The molecule has 0 spiro atoms. The molecule has 4 rings (SSSR count). The van der Waals surface area contributed by atoms with Crippen LogP contribution in [0, 0.1) is 0 Å². The summed E-state index contributed by atoms with van der Waals surface area (Å²) in [6.07, 6.45) is -1.80. The molecule has 1 aliphatic heterocycles. The van der Waals surface area contributed by atoms with Crippen LogP contribution in [-0.2, 0) is 11.0 Å². The van der Waals surface area contributed by atoms with Crippen LogP contribution in [-0.4, -0.2) is 21.6 Å². The predicted molar refractivity (Wildman–Crippen MR) is 110 cm³/mol. The molecule has 3 aromatic rings. The largest absolute Gasteiger partial charge is 0.416 e. The van der Waals surface area contributed by atoms with Gasteiger partial charge in [-0.3, -0.25) is 9.59 Å². The zero-order valence-electron chi connectivity index (χ0n) is 16.0. The summed E-state index contributed by atoms with van der Waals surface area (Å²) in [6, 6.07) is 12.2. The highest BCUT2D eigenvalue weighted by atomic mass is 35.5. The molecule has 0 fully saturated rings. The number of nitrogens with zero attached hydrogens (tertiary/aromatic N) is 4. The molecule has 1 unspecified atom stereocenters. The molecule has 1 atom stereocenters. The molecule has 1 N–H and O–H groups in total. The highest BCUT2D eigenvalue weighted by molar-refractivity contribution is 6.34. The summed E-state index contributed by atoms with van der Waals surface area (Å²) in [5.74, 6) is -0.981. The number of alkyl halides is 3. The number of benzene rings is 2. The maximum atomic E-state index is 12.9. The molecule has 0 saturated carbocycles. The van der Waals surface area contributed by atoms with Gasteiger partial charge in [-0.25, -0.2) is 4.68 Å².